The van der Waals surface area contributed by atoms with E-state index in [9.17, 15) is 14.4 Å². The molecule has 1 atom stereocenters. The Kier molecular flexibility index (Phi) is 4.05. The SMILES string of the molecule is Cc1oncc1-c1c(-c2ccc3c(c2)CN(C2CCC(=O)NC2=O)C3=O)cnn1C. The highest BCUT2D eigenvalue weighted by Gasteiger charge is 2.39. The number of amides is 3. The molecule has 1 aromatic carbocycles. The zero-order valence-electron chi connectivity index (χ0n) is 16.5. The molecule has 2 aromatic heterocycles. The van der Waals surface area contributed by atoms with Crippen LogP contribution >= 0.6 is 0 Å². The highest BCUT2D eigenvalue weighted by molar-refractivity contribution is 6.05. The number of fused-ring (bicyclic) bond motifs is 1. The van der Waals surface area contributed by atoms with Crippen LogP contribution < -0.4 is 5.32 Å². The van der Waals surface area contributed by atoms with Gasteiger partial charge in [0.05, 0.1) is 23.7 Å². The smallest absolute Gasteiger partial charge is 0.255 e. The van der Waals surface area contributed by atoms with E-state index in [1.807, 2.05) is 26.1 Å². The number of aromatic nitrogens is 3. The Morgan fingerprint density at radius 3 is 2.70 bits per heavy atom. The van der Waals surface area contributed by atoms with Gasteiger partial charge in [-0.1, -0.05) is 11.2 Å². The van der Waals surface area contributed by atoms with Gasteiger partial charge in [0, 0.05) is 31.1 Å². The van der Waals surface area contributed by atoms with Crippen molar-refractivity contribution >= 4 is 17.7 Å². The molecule has 0 bridgehead atoms. The van der Waals surface area contributed by atoms with Crippen molar-refractivity contribution in [2.75, 3.05) is 0 Å². The summed E-state index contributed by atoms with van der Waals surface area (Å²) < 4.78 is 6.98. The second-order valence-corrected chi connectivity index (χ2v) is 7.60. The van der Waals surface area contributed by atoms with E-state index in [4.69, 9.17) is 4.52 Å². The molecule has 30 heavy (non-hydrogen) atoms. The van der Waals surface area contributed by atoms with Crippen LogP contribution in [0.4, 0.5) is 0 Å². The zero-order chi connectivity index (χ0) is 21.0. The second-order valence-electron chi connectivity index (χ2n) is 7.60. The summed E-state index contributed by atoms with van der Waals surface area (Å²) in [7, 11) is 1.85. The molecule has 1 saturated heterocycles. The molecule has 152 valence electrons. The van der Waals surface area contributed by atoms with E-state index in [1.54, 1.807) is 28.0 Å². The lowest BCUT2D eigenvalue weighted by atomic mass is 9.98. The molecule has 5 rings (SSSR count). The van der Waals surface area contributed by atoms with Gasteiger partial charge >= 0.3 is 0 Å². The normalized spacial score (nSPS) is 18.7. The van der Waals surface area contributed by atoms with Crippen molar-refractivity contribution in [3.05, 3.63) is 47.5 Å². The summed E-state index contributed by atoms with van der Waals surface area (Å²) in [5.41, 5.74) is 4.97. The molecule has 3 aromatic rings. The van der Waals surface area contributed by atoms with Gasteiger partial charge in [-0.3, -0.25) is 24.4 Å². The van der Waals surface area contributed by atoms with Gasteiger partial charge in [0.25, 0.3) is 5.91 Å². The molecule has 1 N–H and O–H groups in total. The van der Waals surface area contributed by atoms with E-state index in [0.29, 0.717) is 24.3 Å². The lowest BCUT2D eigenvalue weighted by molar-refractivity contribution is -0.136. The molecule has 3 amide bonds. The van der Waals surface area contributed by atoms with Gasteiger partial charge in [-0.2, -0.15) is 5.10 Å². The van der Waals surface area contributed by atoms with Crippen LogP contribution in [0, 0.1) is 6.92 Å². The molecular weight excluding hydrogens is 386 g/mol. The number of aryl methyl sites for hydroxylation is 2. The van der Waals surface area contributed by atoms with E-state index < -0.39 is 11.9 Å². The lowest BCUT2D eigenvalue weighted by Gasteiger charge is -2.29. The Labute approximate surface area is 171 Å². The fourth-order valence-corrected chi connectivity index (χ4v) is 4.24. The van der Waals surface area contributed by atoms with E-state index in [2.05, 4.69) is 15.6 Å². The molecule has 0 radical (unpaired) electrons. The number of carbonyl (C=O) groups is 3. The van der Waals surface area contributed by atoms with Crippen LogP contribution in [-0.4, -0.2) is 43.6 Å². The number of nitrogens with one attached hydrogen (secondary N) is 1. The van der Waals surface area contributed by atoms with Crippen LogP contribution in [0.25, 0.3) is 22.4 Å². The predicted octanol–water partition coefficient (Wildman–Crippen LogP) is 1.81. The first-order valence-electron chi connectivity index (χ1n) is 9.65. The summed E-state index contributed by atoms with van der Waals surface area (Å²) in [6.07, 6.45) is 4.02. The zero-order valence-corrected chi connectivity index (χ0v) is 16.5. The summed E-state index contributed by atoms with van der Waals surface area (Å²) in [5.74, 6) is -0.200. The number of rotatable bonds is 3. The van der Waals surface area contributed by atoms with Gasteiger partial charge in [-0.25, -0.2) is 0 Å². The minimum Gasteiger partial charge on any atom is -0.361 e. The van der Waals surface area contributed by atoms with Crippen molar-refractivity contribution in [2.24, 2.45) is 7.05 Å². The number of nitrogens with zero attached hydrogens (tertiary/aromatic N) is 4. The van der Waals surface area contributed by atoms with Crippen LogP contribution in [-0.2, 0) is 23.2 Å². The van der Waals surface area contributed by atoms with Crippen LogP contribution in [0.15, 0.2) is 35.1 Å². The molecule has 4 heterocycles. The van der Waals surface area contributed by atoms with E-state index in [1.165, 1.54) is 0 Å². The van der Waals surface area contributed by atoms with Gasteiger partial charge < -0.3 is 9.42 Å². The third-order valence-electron chi connectivity index (χ3n) is 5.78. The second kappa shape index (κ2) is 6.65. The van der Waals surface area contributed by atoms with Crippen LogP contribution in [0.3, 0.4) is 0 Å². The maximum atomic E-state index is 12.9. The number of benzene rings is 1. The summed E-state index contributed by atoms with van der Waals surface area (Å²) >= 11 is 0. The van der Waals surface area contributed by atoms with Gasteiger partial charge in [0.15, 0.2) is 0 Å². The minimum atomic E-state index is -0.625. The Balaban J connectivity index is 1.50. The van der Waals surface area contributed by atoms with E-state index in [0.717, 1.165) is 27.9 Å². The number of imide groups is 1. The Hall–Kier alpha value is -3.75. The van der Waals surface area contributed by atoms with E-state index >= 15 is 0 Å². The predicted molar refractivity (Wildman–Crippen MR) is 105 cm³/mol. The average molecular weight is 405 g/mol. The van der Waals surface area contributed by atoms with Crippen molar-refractivity contribution in [2.45, 2.75) is 32.4 Å². The first-order chi connectivity index (χ1) is 14.4. The van der Waals surface area contributed by atoms with Crippen LogP contribution in [0.5, 0.6) is 0 Å². The van der Waals surface area contributed by atoms with E-state index in [-0.39, 0.29) is 18.2 Å². The molecule has 0 aliphatic carbocycles. The molecule has 9 heteroatoms. The van der Waals surface area contributed by atoms with Gasteiger partial charge in [0.2, 0.25) is 11.8 Å². The molecule has 0 spiro atoms. The maximum Gasteiger partial charge on any atom is 0.255 e. The Bertz CT molecular complexity index is 1210. The largest absolute Gasteiger partial charge is 0.361 e. The highest BCUT2D eigenvalue weighted by atomic mass is 16.5. The number of carbonyl (C=O) groups excluding carboxylic acids is 3. The van der Waals surface area contributed by atoms with Crippen LogP contribution in [0.2, 0.25) is 0 Å². The Morgan fingerprint density at radius 1 is 1.13 bits per heavy atom. The molecule has 0 saturated carbocycles. The highest BCUT2D eigenvalue weighted by Crippen LogP contribution is 2.36. The van der Waals surface area contributed by atoms with Crippen molar-refractivity contribution in [3.8, 4) is 22.4 Å². The van der Waals surface area contributed by atoms with Crippen molar-refractivity contribution < 1.29 is 18.9 Å². The molecular formula is C21H19N5O4. The Morgan fingerprint density at radius 2 is 1.97 bits per heavy atom. The molecule has 1 fully saturated rings. The summed E-state index contributed by atoms with van der Waals surface area (Å²) in [4.78, 5) is 38.1. The molecule has 1 unspecified atom stereocenters. The number of hydrogen-bond donors (Lipinski definition) is 1. The van der Waals surface area contributed by atoms with Crippen molar-refractivity contribution in [3.63, 3.8) is 0 Å². The first kappa shape index (κ1) is 18.3. The average Bonchev–Trinajstić information content (AvgIpc) is 3.39. The fourth-order valence-electron chi connectivity index (χ4n) is 4.24. The van der Waals surface area contributed by atoms with Gasteiger partial charge in [-0.15, -0.1) is 0 Å². The van der Waals surface area contributed by atoms with Gasteiger partial charge in [0.1, 0.15) is 11.8 Å². The summed E-state index contributed by atoms with van der Waals surface area (Å²) in [6.45, 7) is 2.18. The standard InChI is InChI=1S/C21H19N5O4/c1-11-15(9-23-30-11)19-16(8-22-25(19)2)12-3-4-14-13(7-12)10-26(21(14)29)17-5-6-18(27)24-20(17)28/h3-4,7-9,17H,5-6,10H2,1-2H3,(H,24,27,28). The molecule has 9 nitrogen and oxygen atoms in total. The summed E-state index contributed by atoms with van der Waals surface area (Å²) in [6, 6.07) is 5.01. The quantitative estimate of drug-likeness (QED) is 0.666. The van der Waals surface area contributed by atoms with Crippen molar-refractivity contribution in [1.82, 2.24) is 25.2 Å². The minimum absolute atomic E-state index is 0.188. The maximum absolute atomic E-state index is 12.9. The lowest BCUT2D eigenvalue weighted by Crippen LogP contribution is -2.52. The molecule has 2 aliphatic heterocycles. The first-order valence-corrected chi connectivity index (χ1v) is 9.65. The topological polar surface area (TPSA) is 110 Å². The number of hydrogen-bond acceptors (Lipinski definition) is 6. The number of piperidine rings is 1. The fraction of sp³-hybridized carbons (Fsp3) is 0.286. The third-order valence-corrected chi connectivity index (χ3v) is 5.78. The monoisotopic (exact) mass is 405 g/mol. The summed E-state index contributed by atoms with van der Waals surface area (Å²) in [5, 5.41) is 10.6. The van der Waals surface area contributed by atoms with Crippen LogP contribution in [0.1, 0.15) is 34.5 Å². The van der Waals surface area contributed by atoms with Crippen molar-refractivity contribution in [1.29, 1.82) is 0 Å². The van der Waals surface area contributed by atoms with Gasteiger partial charge in [-0.05, 0) is 36.6 Å². The molecule has 2 aliphatic rings. The third kappa shape index (κ3) is 2.73.